The molecule has 0 saturated heterocycles. The quantitative estimate of drug-likeness (QED) is 0.492. The molecular weight excluding hydrogens is 274 g/mol. The van der Waals surface area contributed by atoms with Crippen molar-refractivity contribution in [1.82, 2.24) is 25.2 Å². The smallest absolute Gasteiger partial charge is 0.209 e. The Morgan fingerprint density at radius 3 is 3.05 bits per heavy atom. The molecule has 0 aromatic carbocycles. The number of hydrazine groups is 1. The van der Waals surface area contributed by atoms with Gasteiger partial charge in [-0.3, -0.25) is 0 Å². The number of nitrogens with zero attached hydrogens (tertiary/aromatic N) is 5. The maximum absolute atomic E-state index is 5.46. The van der Waals surface area contributed by atoms with Crippen molar-refractivity contribution in [3.63, 3.8) is 0 Å². The highest BCUT2D eigenvalue weighted by atomic mass is 32.2. The van der Waals surface area contributed by atoms with E-state index in [2.05, 4.69) is 25.9 Å². The highest BCUT2D eigenvalue weighted by Gasteiger charge is 2.21. The number of nitrogens with two attached hydrogens (primary N) is 1. The van der Waals surface area contributed by atoms with Gasteiger partial charge in [0, 0.05) is 17.5 Å². The van der Waals surface area contributed by atoms with Gasteiger partial charge in [0.25, 0.3) is 0 Å². The SMILES string of the molecule is NNc1ncccc1CSc1nnnn1C1CCCC1. The highest BCUT2D eigenvalue weighted by molar-refractivity contribution is 7.98. The van der Waals surface area contributed by atoms with Gasteiger partial charge >= 0.3 is 0 Å². The summed E-state index contributed by atoms with van der Waals surface area (Å²) in [6.45, 7) is 0. The molecule has 0 spiro atoms. The first-order chi connectivity index (χ1) is 9.88. The zero-order valence-corrected chi connectivity index (χ0v) is 11.9. The molecule has 0 radical (unpaired) electrons. The Morgan fingerprint density at radius 1 is 1.40 bits per heavy atom. The van der Waals surface area contributed by atoms with E-state index < -0.39 is 0 Å². The summed E-state index contributed by atoms with van der Waals surface area (Å²) in [5.74, 6) is 6.89. The molecule has 106 valence electrons. The molecule has 0 atom stereocenters. The lowest BCUT2D eigenvalue weighted by atomic mass is 10.3. The Bertz CT molecular complexity index is 564. The van der Waals surface area contributed by atoms with E-state index in [-0.39, 0.29) is 0 Å². The minimum atomic E-state index is 0.452. The van der Waals surface area contributed by atoms with Crippen LogP contribution in [0.3, 0.4) is 0 Å². The predicted octanol–water partition coefficient (Wildman–Crippen LogP) is 1.76. The van der Waals surface area contributed by atoms with Gasteiger partial charge in [0.05, 0.1) is 6.04 Å². The van der Waals surface area contributed by atoms with Gasteiger partial charge in [-0.05, 0) is 29.3 Å². The largest absolute Gasteiger partial charge is 0.308 e. The van der Waals surface area contributed by atoms with Crippen molar-refractivity contribution in [2.75, 3.05) is 5.43 Å². The van der Waals surface area contributed by atoms with E-state index in [0.29, 0.717) is 11.9 Å². The maximum atomic E-state index is 5.46. The van der Waals surface area contributed by atoms with Gasteiger partial charge in [0.1, 0.15) is 5.82 Å². The van der Waals surface area contributed by atoms with Gasteiger partial charge < -0.3 is 5.43 Å². The van der Waals surface area contributed by atoms with E-state index in [0.717, 1.165) is 16.5 Å². The Kier molecular flexibility index (Phi) is 4.12. The number of hydrogen-bond acceptors (Lipinski definition) is 7. The van der Waals surface area contributed by atoms with Crippen molar-refractivity contribution in [2.45, 2.75) is 42.6 Å². The van der Waals surface area contributed by atoms with Crippen LogP contribution in [0.15, 0.2) is 23.5 Å². The number of rotatable bonds is 5. The molecule has 3 N–H and O–H groups in total. The first-order valence-corrected chi connectivity index (χ1v) is 7.68. The number of nitrogen functional groups attached to an aromatic ring is 1. The molecule has 1 aliphatic carbocycles. The second kappa shape index (κ2) is 6.19. The number of tetrazole rings is 1. The molecule has 1 saturated carbocycles. The molecular formula is C12H17N7S. The molecule has 2 heterocycles. The summed E-state index contributed by atoms with van der Waals surface area (Å²) < 4.78 is 1.96. The average molecular weight is 291 g/mol. The van der Waals surface area contributed by atoms with Crippen molar-refractivity contribution < 1.29 is 0 Å². The van der Waals surface area contributed by atoms with Crippen LogP contribution < -0.4 is 11.3 Å². The molecule has 2 aromatic rings. The summed E-state index contributed by atoms with van der Waals surface area (Å²) in [7, 11) is 0. The van der Waals surface area contributed by atoms with E-state index in [1.54, 1.807) is 18.0 Å². The number of nitrogens with one attached hydrogen (secondary N) is 1. The van der Waals surface area contributed by atoms with E-state index in [1.165, 1.54) is 25.7 Å². The topological polar surface area (TPSA) is 94.5 Å². The Morgan fingerprint density at radius 2 is 2.25 bits per heavy atom. The van der Waals surface area contributed by atoms with Crippen LogP contribution >= 0.6 is 11.8 Å². The zero-order valence-electron chi connectivity index (χ0n) is 11.1. The van der Waals surface area contributed by atoms with Gasteiger partial charge in [-0.15, -0.1) is 5.10 Å². The first-order valence-electron chi connectivity index (χ1n) is 6.69. The Balaban J connectivity index is 1.71. The van der Waals surface area contributed by atoms with Crippen LogP contribution in [-0.2, 0) is 5.75 Å². The molecule has 1 fully saturated rings. The number of thioether (sulfide) groups is 1. The summed E-state index contributed by atoms with van der Waals surface area (Å²) in [4.78, 5) is 4.19. The van der Waals surface area contributed by atoms with Crippen LogP contribution in [0.4, 0.5) is 5.82 Å². The van der Waals surface area contributed by atoms with Crippen LogP contribution in [0.25, 0.3) is 0 Å². The normalized spacial score (nSPS) is 15.7. The lowest BCUT2D eigenvalue weighted by Crippen LogP contribution is -2.11. The summed E-state index contributed by atoms with van der Waals surface area (Å²) in [5.41, 5.74) is 3.66. The predicted molar refractivity (Wildman–Crippen MR) is 76.9 cm³/mol. The molecule has 3 rings (SSSR count). The third-order valence-electron chi connectivity index (χ3n) is 3.52. The molecule has 0 aliphatic heterocycles. The molecule has 0 bridgehead atoms. The summed E-state index contributed by atoms with van der Waals surface area (Å²) in [6, 6.07) is 4.35. The van der Waals surface area contributed by atoms with Gasteiger partial charge in [-0.25, -0.2) is 15.5 Å². The molecule has 0 unspecified atom stereocenters. The molecule has 8 heteroatoms. The van der Waals surface area contributed by atoms with Crippen molar-refractivity contribution in [2.24, 2.45) is 5.84 Å². The second-order valence-electron chi connectivity index (χ2n) is 4.79. The van der Waals surface area contributed by atoms with Crippen LogP contribution in [-0.4, -0.2) is 25.2 Å². The van der Waals surface area contributed by atoms with Crippen LogP contribution in [0.2, 0.25) is 0 Å². The second-order valence-corrected chi connectivity index (χ2v) is 5.73. The summed E-state index contributed by atoms with van der Waals surface area (Å²) in [5, 5.41) is 12.9. The first kappa shape index (κ1) is 13.3. The van der Waals surface area contributed by atoms with Crippen molar-refractivity contribution in [1.29, 1.82) is 0 Å². The monoisotopic (exact) mass is 291 g/mol. The average Bonchev–Trinajstić information content (AvgIpc) is 3.15. The summed E-state index contributed by atoms with van der Waals surface area (Å²) in [6.07, 6.45) is 6.57. The van der Waals surface area contributed by atoms with Crippen molar-refractivity contribution >= 4 is 17.6 Å². The van der Waals surface area contributed by atoms with E-state index in [9.17, 15) is 0 Å². The fourth-order valence-electron chi connectivity index (χ4n) is 2.49. The molecule has 0 amide bonds. The highest BCUT2D eigenvalue weighted by Crippen LogP contribution is 2.32. The maximum Gasteiger partial charge on any atom is 0.209 e. The van der Waals surface area contributed by atoms with E-state index >= 15 is 0 Å². The van der Waals surface area contributed by atoms with E-state index in [4.69, 9.17) is 5.84 Å². The lowest BCUT2D eigenvalue weighted by Gasteiger charge is -2.11. The van der Waals surface area contributed by atoms with Crippen LogP contribution in [0, 0.1) is 0 Å². The third-order valence-corrected chi connectivity index (χ3v) is 4.50. The minimum Gasteiger partial charge on any atom is -0.308 e. The Labute approximate surface area is 121 Å². The number of pyridine rings is 1. The molecule has 20 heavy (non-hydrogen) atoms. The van der Waals surface area contributed by atoms with Gasteiger partial charge in [-0.2, -0.15) is 0 Å². The molecule has 2 aromatic heterocycles. The number of hydrogen-bond donors (Lipinski definition) is 2. The van der Waals surface area contributed by atoms with Crippen molar-refractivity contribution in [3.05, 3.63) is 23.9 Å². The molecule has 7 nitrogen and oxygen atoms in total. The van der Waals surface area contributed by atoms with Crippen LogP contribution in [0.1, 0.15) is 37.3 Å². The van der Waals surface area contributed by atoms with Gasteiger partial charge in [-0.1, -0.05) is 30.7 Å². The van der Waals surface area contributed by atoms with Crippen molar-refractivity contribution in [3.8, 4) is 0 Å². The lowest BCUT2D eigenvalue weighted by molar-refractivity contribution is 0.423. The number of anilines is 1. The van der Waals surface area contributed by atoms with E-state index in [1.807, 2.05) is 16.8 Å². The fourth-order valence-corrected chi connectivity index (χ4v) is 3.42. The van der Waals surface area contributed by atoms with Crippen LogP contribution in [0.5, 0.6) is 0 Å². The zero-order chi connectivity index (χ0) is 13.8. The Hall–Kier alpha value is -1.67. The minimum absolute atomic E-state index is 0.452. The molecule has 1 aliphatic rings. The third kappa shape index (κ3) is 2.75. The summed E-state index contributed by atoms with van der Waals surface area (Å²) >= 11 is 1.61. The number of aromatic nitrogens is 5. The fraction of sp³-hybridized carbons (Fsp3) is 0.500. The van der Waals surface area contributed by atoms with Gasteiger partial charge in [0.15, 0.2) is 0 Å². The standard InChI is InChI=1S/C12H17N7S/c13-15-11-9(4-3-7-14-11)8-20-12-16-17-18-19(12)10-5-1-2-6-10/h3-4,7,10H,1-2,5-6,8,13H2,(H,14,15). The van der Waals surface area contributed by atoms with Gasteiger partial charge in [0.2, 0.25) is 5.16 Å².